The molecular formula is C23H31N3O2. The second-order valence-electron chi connectivity index (χ2n) is 7.89. The molecule has 1 aliphatic heterocycles. The first-order chi connectivity index (χ1) is 13.4. The molecule has 0 unspecified atom stereocenters. The van der Waals surface area contributed by atoms with Crippen LogP contribution >= 0.6 is 0 Å². The van der Waals surface area contributed by atoms with Gasteiger partial charge < -0.3 is 15.4 Å². The van der Waals surface area contributed by atoms with Gasteiger partial charge in [-0.3, -0.25) is 4.90 Å². The lowest BCUT2D eigenvalue weighted by Gasteiger charge is -2.35. The first-order valence-electron chi connectivity index (χ1n) is 9.97. The highest BCUT2D eigenvalue weighted by Crippen LogP contribution is 2.16. The smallest absolute Gasteiger partial charge is 0.319 e. The lowest BCUT2D eigenvalue weighted by Crippen LogP contribution is -2.44. The van der Waals surface area contributed by atoms with Crippen LogP contribution < -0.4 is 10.6 Å². The van der Waals surface area contributed by atoms with Gasteiger partial charge in [0.15, 0.2) is 0 Å². The average molecular weight is 382 g/mol. The van der Waals surface area contributed by atoms with Crippen LogP contribution in [0.2, 0.25) is 0 Å². The maximum atomic E-state index is 12.2. The summed E-state index contributed by atoms with van der Waals surface area (Å²) in [5.41, 5.74) is 5.45. The van der Waals surface area contributed by atoms with Crippen molar-refractivity contribution in [3.63, 3.8) is 0 Å². The van der Waals surface area contributed by atoms with Crippen molar-refractivity contribution in [3.8, 4) is 0 Å². The van der Waals surface area contributed by atoms with Gasteiger partial charge >= 0.3 is 6.03 Å². The Balaban J connectivity index is 1.48. The quantitative estimate of drug-likeness (QED) is 0.815. The molecule has 5 nitrogen and oxygen atoms in total. The second-order valence-corrected chi connectivity index (χ2v) is 7.89. The minimum atomic E-state index is -0.188. The summed E-state index contributed by atoms with van der Waals surface area (Å²) in [7, 11) is 0. The van der Waals surface area contributed by atoms with Crippen molar-refractivity contribution in [3.05, 3.63) is 64.7 Å². The summed E-state index contributed by atoms with van der Waals surface area (Å²) < 4.78 is 5.80. The number of urea groups is 1. The molecule has 5 heteroatoms. The zero-order valence-corrected chi connectivity index (χ0v) is 17.3. The Kier molecular flexibility index (Phi) is 6.70. The Morgan fingerprint density at radius 2 is 1.68 bits per heavy atom. The first-order valence-corrected chi connectivity index (χ1v) is 9.97. The second kappa shape index (κ2) is 9.22. The molecule has 2 N–H and O–H groups in total. The molecule has 0 bridgehead atoms. The summed E-state index contributed by atoms with van der Waals surface area (Å²) in [6.45, 7) is 11.7. The highest BCUT2D eigenvalue weighted by Gasteiger charge is 2.21. The van der Waals surface area contributed by atoms with Crippen LogP contribution in [0, 0.1) is 13.8 Å². The molecule has 0 radical (unpaired) electrons. The number of rotatable bonds is 5. The number of amides is 2. The van der Waals surface area contributed by atoms with Crippen LogP contribution in [0.4, 0.5) is 10.5 Å². The van der Waals surface area contributed by atoms with Crippen molar-refractivity contribution in [2.75, 3.05) is 18.4 Å². The minimum absolute atomic E-state index is 0.188. The molecular weight excluding hydrogens is 350 g/mol. The molecule has 1 heterocycles. The molecule has 1 saturated heterocycles. The van der Waals surface area contributed by atoms with Crippen molar-refractivity contribution >= 4 is 11.7 Å². The number of aryl methyl sites for hydroxylation is 2. The largest absolute Gasteiger partial charge is 0.373 e. The number of hydrogen-bond acceptors (Lipinski definition) is 3. The number of morpholine rings is 1. The third-order valence-corrected chi connectivity index (χ3v) is 5.01. The topological polar surface area (TPSA) is 53.6 Å². The van der Waals surface area contributed by atoms with Crippen molar-refractivity contribution in [2.24, 2.45) is 0 Å². The van der Waals surface area contributed by atoms with Gasteiger partial charge in [0.1, 0.15) is 0 Å². The molecule has 1 fully saturated rings. The fraction of sp³-hybridized carbons (Fsp3) is 0.435. The molecule has 0 saturated carbocycles. The number of ether oxygens (including phenoxy) is 1. The molecule has 2 aromatic rings. The number of carbonyl (C=O) groups is 1. The van der Waals surface area contributed by atoms with Crippen LogP contribution in [-0.4, -0.2) is 36.2 Å². The van der Waals surface area contributed by atoms with Crippen LogP contribution in [0.15, 0.2) is 42.5 Å². The fourth-order valence-electron chi connectivity index (χ4n) is 3.74. The highest BCUT2D eigenvalue weighted by molar-refractivity contribution is 5.90. The summed E-state index contributed by atoms with van der Waals surface area (Å²) in [5, 5.41) is 5.84. The van der Waals surface area contributed by atoms with Gasteiger partial charge in [0.2, 0.25) is 0 Å². The molecule has 0 aliphatic carbocycles. The van der Waals surface area contributed by atoms with Crippen molar-refractivity contribution in [1.29, 1.82) is 0 Å². The van der Waals surface area contributed by atoms with Gasteiger partial charge in [-0.15, -0.1) is 0 Å². The van der Waals surface area contributed by atoms with E-state index in [1.54, 1.807) is 0 Å². The molecule has 2 amide bonds. The lowest BCUT2D eigenvalue weighted by atomic mass is 10.1. The molecule has 2 atom stereocenters. The van der Waals surface area contributed by atoms with E-state index in [0.29, 0.717) is 6.54 Å². The van der Waals surface area contributed by atoms with Gasteiger partial charge in [0.05, 0.1) is 12.2 Å². The Morgan fingerprint density at radius 1 is 1.04 bits per heavy atom. The van der Waals surface area contributed by atoms with Gasteiger partial charge in [-0.1, -0.05) is 42.0 Å². The standard InChI is InChI=1S/C23H31N3O2/c1-16-5-10-22(17(2)11-16)25-23(27)24-12-20-6-8-21(9-7-20)15-26-13-18(3)28-19(4)14-26/h5-11,18-19H,12-15H2,1-4H3,(H2,24,25,27)/t18-,19-/m0/s1. The van der Waals surface area contributed by atoms with Gasteiger partial charge in [0, 0.05) is 31.9 Å². The van der Waals surface area contributed by atoms with Gasteiger partial charge in [0.25, 0.3) is 0 Å². The minimum Gasteiger partial charge on any atom is -0.373 e. The third kappa shape index (κ3) is 5.81. The Labute approximate surface area is 168 Å². The number of anilines is 1. The summed E-state index contributed by atoms with van der Waals surface area (Å²) in [6, 6.07) is 14.3. The maximum absolute atomic E-state index is 12.2. The SMILES string of the molecule is Cc1ccc(NC(=O)NCc2ccc(CN3C[C@H](C)O[C@@H](C)C3)cc2)c(C)c1. The number of hydrogen-bond donors (Lipinski definition) is 2. The van der Waals surface area contributed by atoms with Crippen LogP contribution in [0.3, 0.4) is 0 Å². The van der Waals surface area contributed by atoms with Gasteiger partial charge in [-0.05, 0) is 50.5 Å². The Hall–Kier alpha value is -2.37. The van der Waals surface area contributed by atoms with Gasteiger partial charge in [-0.25, -0.2) is 4.79 Å². The molecule has 3 rings (SSSR count). The van der Waals surface area contributed by atoms with E-state index in [1.807, 2.05) is 26.0 Å². The zero-order valence-electron chi connectivity index (χ0n) is 17.3. The third-order valence-electron chi connectivity index (χ3n) is 5.01. The van der Waals surface area contributed by atoms with Gasteiger partial charge in [-0.2, -0.15) is 0 Å². The lowest BCUT2D eigenvalue weighted by molar-refractivity contribution is -0.0704. The molecule has 150 valence electrons. The Bertz CT molecular complexity index is 794. The number of nitrogens with zero attached hydrogens (tertiary/aromatic N) is 1. The van der Waals surface area contributed by atoms with E-state index in [1.165, 1.54) is 11.1 Å². The number of benzene rings is 2. The predicted octanol–water partition coefficient (Wildman–Crippen LogP) is 4.23. The van der Waals surface area contributed by atoms with Crippen molar-refractivity contribution < 1.29 is 9.53 Å². The normalized spacial score (nSPS) is 20.0. The van der Waals surface area contributed by atoms with Crippen LogP contribution in [0.1, 0.15) is 36.1 Å². The van der Waals surface area contributed by atoms with Crippen molar-refractivity contribution in [1.82, 2.24) is 10.2 Å². The average Bonchev–Trinajstić information content (AvgIpc) is 2.63. The van der Waals surface area contributed by atoms with Crippen LogP contribution in [-0.2, 0) is 17.8 Å². The molecule has 28 heavy (non-hydrogen) atoms. The van der Waals surface area contributed by atoms with E-state index < -0.39 is 0 Å². The molecule has 1 aliphatic rings. The number of nitrogens with one attached hydrogen (secondary N) is 2. The van der Waals surface area contributed by atoms with E-state index in [2.05, 4.69) is 59.7 Å². The van der Waals surface area contributed by atoms with E-state index in [9.17, 15) is 4.79 Å². The summed E-state index contributed by atoms with van der Waals surface area (Å²) in [6.07, 6.45) is 0.561. The molecule has 0 spiro atoms. The van der Waals surface area contributed by atoms with Crippen molar-refractivity contribution in [2.45, 2.75) is 53.0 Å². The first kappa shape index (κ1) is 20.4. The summed E-state index contributed by atoms with van der Waals surface area (Å²) >= 11 is 0. The van der Waals surface area contributed by atoms with E-state index in [4.69, 9.17) is 4.74 Å². The predicted molar refractivity (Wildman–Crippen MR) is 114 cm³/mol. The Morgan fingerprint density at radius 3 is 2.32 bits per heavy atom. The fourth-order valence-corrected chi connectivity index (χ4v) is 3.74. The highest BCUT2D eigenvalue weighted by atomic mass is 16.5. The number of carbonyl (C=O) groups excluding carboxylic acids is 1. The zero-order chi connectivity index (χ0) is 20.1. The van der Waals surface area contributed by atoms with E-state index in [0.717, 1.165) is 36.4 Å². The summed E-state index contributed by atoms with van der Waals surface area (Å²) in [4.78, 5) is 14.6. The van der Waals surface area contributed by atoms with Crippen LogP contribution in [0.5, 0.6) is 0 Å². The summed E-state index contributed by atoms with van der Waals surface area (Å²) in [5.74, 6) is 0. The van der Waals surface area contributed by atoms with E-state index in [-0.39, 0.29) is 18.2 Å². The molecule has 2 aromatic carbocycles. The maximum Gasteiger partial charge on any atom is 0.319 e. The monoisotopic (exact) mass is 381 g/mol. The van der Waals surface area contributed by atoms with Crippen LogP contribution in [0.25, 0.3) is 0 Å². The molecule has 0 aromatic heterocycles. The van der Waals surface area contributed by atoms with E-state index >= 15 is 0 Å².